The molecule has 7 nitrogen and oxygen atoms in total. The molecular formula is C20H22F2N4O3. The van der Waals surface area contributed by atoms with Crippen molar-refractivity contribution in [1.82, 2.24) is 9.88 Å². The largest absolute Gasteiger partial charge is 0.348 e. The van der Waals surface area contributed by atoms with Crippen LogP contribution in [-0.4, -0.2) is 35.3 Å². The van der Waals surface area contributed by atoms with Gasteiger partial charge in [-0.05, 0) is 43.9 Å². The minimum atomic E-state index is -1.08. The Bertz CT molecular complexity index is 985. The lowest BCUT2D eigenvalue weighted by Gasteiger charge is -2.18. The van der Waals surface area contributed by atoms with Crippen LogP contribution in [0.25, 0.3) is 0 Å². The van der Waals surface area contributed by atoms with E-state index in [1.54, 1.807) is 11.5 Å². The summed E-state index contributed by atoms with van der Waals surface area (Å²) in [6.45, 7) is 2.49. The number of carbonyl (C=O) groups is 3. The van der Waals surface area contributed by atoms with Crippen LogP contribution in [0.3, 0.4) is 0 Å². The van der Waals surface area contributed by atoms with Gasteiger partial charge in [-0.2, -0.15) is 0 Å². The van der Waals surface area contributed by atoms with Crippen LogP contribution in [0.5, 0.6) is 0 Å². The molecule has 0 bridgehead atoms. The highest BCUT2D eigenvalue weighted by Gasteiger charge is 2.32. The van der Waals surface area contributed by atoms with Gasteiger partial charge in [0.05, 0.1) is 11.3 Å². The second-order valence-corrected chi connectivity index (χ2v) is 6.86. The number of anilines is 1. The zero-order chi connectivity index (χ0) is 21.1. The summed E-state index contributed by atoms with van der Waals surface area (Å²) in [6, 6.07) is 3.06. The monoisotopic (exact) mass is 404 g/mol. The standard InChI is InChI=1S/C20H22F2N4O3/c1-11-16(19(28)25-12-5-6-13(21)14(22)10-12)15-4-2-3-9-26(15)17(11)18(27)20(29)24-8-7-23/h5-6,10H,2-4,7-9,23H2,1H3,(H,24,29)(H,25,28). The number of aromatic nitrogens is 1. The predicted molar refractivity (Wildman–Crippen MR) is 103 cm³/mol. The fraction of sp³-hybridized carbons (Fsp3) is 0.350. The van der Waals surface area contributed by atoms with E-state index < -0.39 is 29.2 Å². The summed E-state index contributed by atoms with van der Waals surface area (Å²) in [5, 5.41) is 5.00. The Morgan fingerprint density at radius 3 is 2.62 bits per heavy atom. The number of nitrogens with one attached hydrogen (secondary N) is 2. The fourth-order valence-electron chi connectivity index (χ4n) is 3.61. The van der Waals surface area contributed by atoms with Crippen LogP contribution in [0.1, 0.15) is 44.9 Å². The number of halogens is 2. The molecule has 1 aromatic heterocycles. The van der Waals surface area contributed by atoms with Crippen LogP contribution in [0, 0.1) is 18.6 Å². The quantitative estimate of drug-likeness (QED) is 0.505. The topological polar surface area (TPSA) is 106 Å². The van der Waals surface area contributed by atoms with Crippen LogP contribution in [0.4, 0.5) is 14.5 Å². The molecule has 2 heterocycles. The maximum Gasteiger partial charge on any atom is 0.294 e. The highest BCUT2D eigenvalue weighted by molar-refractivity contribution is 6.43. The maximum atomic E-state index is 13.5. The van der Waals surface area contributed by atoms with E-state index in [0.717, 1.165) is 25.0 Å². The molecule has 0 fully saturated rings. The highest BCUT2D eigenvalue weighted by Crippen LogP contribution is 2.29. The van der Waals surface area contributed by atoms with E-state index >= 15 is 0 Å². The SMILES string of the molecule is Cc1c(C(=O)Nc2ccc(F)c(F)c2)c2n(c1C(=O)C(=O)NCCN)CCCC2. The Hall–Kier alpha value is -3.07. The van der Waals surface area contributed by atoms with Crippen molar-refractivity contribution in [1.29, 1.82) is 0 Å². The molecule has 1 aromatic carbocycles. The second-order valence-electron chi connectivity index (χ2n) is 6.86. The first kappa shape index (κ1) is 20.7. The number of nitrogens with zero attached hydrogens (tertiary/aromatic N) is 1. The molecule has 9 heteroatoms. The predicted octanol–water partition coefficient (Wildman–Crippen LogP) is 1.92. The summed E-state index contributed by atoms with van der Waals surface area (Å²) in [6.07, 6.45) is 2.22. The normalized spacial score (nSPS) is 13.0. The van der Waals surface area contributed by atoms with Crippen molar-refractivity contribution < 1.29 is 23.2 Å². The van der Waals surface area contributed by atoms with Crippen molar-refractivity contribution in [2.24, 2.45) is 5.73 Å². The molecule has 0 saturated heterocycles. The van der Waals surface area contributed by atoms with Crippen molar-refractivity contribution in [3.8, 4) is 0 Å². The van der Waals surface area contributed by atoms with Crippen LogP contribution >= 0.6 is 0 Å². The molecule has 4 N–H and O–H groups in total. The van der Waals surface area contributed by atoms with Crippen molar-refractivity contribution >= 4 is 23.3 Å². The Kier molecular flexibility index (Phi) is 6.07. The minimum Gasteiger partial charge on any atom is -0.348 e. The van der Waals surface area contributed by atoms with E-state index in [2.05, 4.69) is 10.6 Å². The molecule has 154 valence electrons. The molecule has 1 aliphatic heterocycles. The lowest BCUT2D eigenvalue weighted by Crippen LogP contribution is -2.36. The van der Waals surface area contributed by atoms with Crippen molar-refractivity contribution in [2.45, 2.75) is 32.7 Å². The lowest BCUT2D eigenvalue weighted by molar-refractivity contribution is -0.117. The van der Waals surface area contributed by atoms with Gasteiger partial charge in [-0.15, -0.1) is 0 Å². The van der Waals surface area contributed by atoms with Crippen LogP contribution in [0.15, 0.2) is 18.2 Å². The average Bonchev–Trinajstić information content (AvgIpc) is 3.00. The molecule has 1 aliphatic rings. The zero-order valence-corrected chi connectivity index (χ0v) is 16.0. The summed E-state index contributed by atoms with van der Waals surface area (Å²) in [5.74, 6) is -4.15. The molecule has 0 spiro atoms. The van der Waals surface area contributed by atoms with E-state index in [4.69, 9.17) is 5.73 Å². The van der Waals surface area contributed by atoms with Gasteiger partial charge in [0.25, 0.3) is 17.6 Å². The van der Waals surface area contributed by atoms with Crippen molar-refractivity contribution in [3.63, 3.8) is 0 Å². The molecule has 29 heavy (non-hydrogen) atoms. The molecular weight excluding hydrogens is 382 g/mol. The first-order valence-electron chi connectivity index (χ1n) is 9.36. The molecule has 0 aliphatic carbocycles. The Morgan fingerprint density at radius 2 is 1.93 bits per heavy atom. The minimum absolute atomic E-state index is 0.0950. The fourth-order valence-corrected chi connectivity index (χ4v) is 3.61. The molecule has 0 atom stereocenters. The smallest absolute Gasteiger partial charge is 0.294 e. The summed E-state index contributed by atoms with van der Waals surface area (Å²) in [4.78, 5) is 37.8. The van der Waals surface area contributed by atoms with E-state index in [0.29, 0.717) is 24.2 Å². The van der Waals surface area contributed by atoms with Crippen LogP contribution in [0.2, 0.25) is 0 Å². The summed E-state index contributed by atoms with van der Waals surface area (Å²) in [7, 11) is 0. The van der Waals surface area contributed by atoms with Crippen molar-refractivity contribution in [2.75, 3.05) is 18.4 Å². The number of ketones is 1. The number of rotatable bonds is 6. The van der Waals surface area contributed by atoms with Gasteiger partial charge < -0.3 is 20.9 Å². The number of hydrogen-bond acceptors (Lipinski definition) is 4. The van der Waals surface area contributed by atoms with Gasteiger partial charge in [0.1, 0.15) is 0 Å². The molecule has 3 rings (SSSR count). The zero-order valence-electron chi connectivity index (χ0n) is 16.0. The lowest BCUT2D eigenvalue weighted by atomic mass is 10.0. The number of amides is 2. The Balaban J connectivity index is 1.97. The first-order chi connectivity index (χ1) is 13.8. The average molecular weight is 404 g/mol. The Morgan fingerprint density at radius 1 is 1.17 bits per heavy atom. The third-order valence-corrected chi connectivity index (χ3v) is 4.92. The van der Waals surface area contributed by atoms with Gasteiger partial charge in [0.15, 0.2) is 11.6 Å². The van der Waals surface area contributed by atoms with E-state index in [1.165, 1.54) is 6.07 Å². The van der Waals surface area contributed by atoms with Gasteiger partial charge in [-0.25, -0.2) is 8.78 Å². The summed E-state index contributed by atoms with van der Waals surface area (Å²) < 4.78 is 28.3. The van der Waals surface area contributed by atoms with Gasteiger partial charge in [0, 0.05) is 37.1 Å². The van der Waals surface area contributed by atoms with Gasteiger partial charge in [-0.1, -0.05) is 0 Å². The third kappa shape index (κ3) is 4.04. The summed E-state index contributed by atoms with van der Waals surface area (Å²) in [5.41, 5.74) is 6.95. The number of fused-ring (bicyclic) bond motifs is 1. The van der Waals surface area contributed by atoms with Crippen LogP contribution in [-0.2, 0) is 17.8 Å². The number of nitrogens with two attached hydrogens (primary N) is 1. The van der Waals surface area contributed by atoms with Crippen molar-refractivity contribution in [3.05, 3.63) is 52.3 Å². The molecule has 0 saturated carbocycles. The number of Topliss-reactive ketones (excluding diaryl/α,β-unsaturated/α-hetero) is 1. The van der Waals surface area contributed by atoms with Gasteiger partial charge >= 0.3 is 0 Å². The van der Waals surface area contributed by atoms with Gasteiger partial charge in [-0.3, -0.25) is 14.4 Å². The van der Waals surface area contributed by atoms with Crippen LogP contribution < -0.4 is 16.4 Å². The number of carbonyl (C=O) groups excluding carboxylic acids is 3. The van der Waals surface area contributed by atoms with E-state index in [-0.39, 0.29) is 30.0 Å². The summed E-state index contributed by atoms with van der Waals surface area (Å²) >= 11 is 0. The van der Waals surface area contributed by atoms with E-state index in [1.807, 2.05) is 0 Å². The molecule has 2 aromatic rings. The molecule has 2 amide bonds. The maximum absolute atomic E-state index is 13.5. The number of hydrogen-bond donors (Lipinski definition) is 3. The molecule has 0 unspecified atom stereocenters. The first-order valence-corrected chi connectivity index (χ1v) is 9.36. The second kappa shape index (κ2) is 8.52. The molecule has 0 radical (unpaired) electrons. The van der Waals surface area contributed by atoms with Gasteiger partial charge in [0.2, 0.25) is 0 Å². The van der Waals surface area contributed by atoms with E-state index in [9.17, 15) is 23.2 Å². The Labute approximate surface area is 166 Å². The highest BCUT2D eigenvalue weighted by atomic mass is 19.2. The number of benzene rings is 1. The third-order valence-electron chi connectivity index (χ3n) is 4.92.